The number of likely N-dealkylation sites (tertiary alicyclic amines) is 1. The molecular weight excluding hydrogens is 318 g/mol. The van der Waals surface area contributed by atoms with E-state index in [1.807, 2.05) is 13.0 Å². The maximum Gasteiger partial charge on any atom is 0.317 e. The minimum absolute atomic E-state index is 0.0590. The molecule has 1 fully saturated rings. The van der Waals surface area contributed by atoms with Gasteiger partial charge in [-0.25, -0.2) is 4.79 Å². The second-order valence-electron chi connectivity index (χ2n) is 6.47. The molecule has 1 aliphatic rings. The number of amides is 2. The molecule has 0 radical (unpaired) electrons. The summed E-state index contributed by atoms with van der Waals surface area (Å²) in [5, 5.41) is 22.3. The smallest absolute Gasteiger partial charge is 0.317 e. The molecule has 0 saturated carbocycles. The molecule has 3 rings (SSSR count). The second-order valence-corrected chi connectivity index (χ2v) is 6.47. The number of nitrogens with zero attached hydrogens (tertiary/aromatic N) is 2. The van der Waals surface area contributed by atoms with Gasteiger partial charge in [-0.05, 0) is 54.5 Å². The highest BCUT2D eigenvalue weighted by Gasteiger charge is 2.25. The van der Waals surface area contributed by atoms with E-state index in [2.05, 4.69) is 10.3 Å². The van der Waals surface area contributed by atoms with Gasteiger partial charge in [-0.3, -0.25) is 4.98 Å². The lowest BCUT2D eigenvalue weighted by molar-refractivity contribution is 0.180. The number of aromatic hydroxyl groups is 2. The quantitative estimate of drug-likeness (QED) is 0.801. The Labute approximate surface area is 147 Å². The summed E-state index contributed by atoms with van der Waals surface area (Å²) >= 11 is 0. The second kappa shape index (κ2) is 7.42. The van der Waals surface area contributed by atoms with E-state index in [0.29, 0.717) is 19.6 Å². The van der Waals surface area contributed by atoms with E-state index in [4.69, 9.17) is 0 Å². The van der Waals surface area contributed by atoms with Gasteiger partial charge in [0.1, 0.15) is 11.5 Å². The summed E-state index contributed by atoms with van der Waals surface area (Å²) in [5.74, 6) is 0.379. The summed E-state index contributed by atoms with van der Waals surface area (Å²) in [6.45, 7) is 3.75. The minimum Gasteiger partial charge on any atom is -0.508 e. The average molecular weight is 341 g/mol. The molecule has 3 N–H and O–H groups in total. The topological polar surface area (TPSA) is 85.7 Å². The number of hydrogen-bond acceptors (Lipinski definition) is 4. The van der Waals surface area contributed by atoms with Crippen molar-refractivity contribution in [3.05, 3.63) is 53.3 Å². The number of aromatic nitrogens is 1. The normalized spacial score (nSPS) is 15.2. The molecule has 2 heterocycles. The Morgan fingerprint density at radius 3 is 2.72 bits per heavy atom. The predicted octanol–water partition coefficient (Wildman–Crippen LogP) is 2.89. The predicted molar refractivity (Wildman–Crippen MR) is 94.5 cm³/mol. The van der Waals surface area contributed by atoms with Crippen molar-refractivity contribution in [1.82, 2.24) is 15.2 Å². The molecular formula is C19H23N3O3. The van der Waals surface area contributed by atoms with Crippen molar-refractivity contribution < 1.29 is 15.0 Å². The van der Waals surface area contributed by atoms with E-state index in [0.717, 1.165) is 29.5 Å². The molecule has 0 unspecified atom stereocenters. The lowest BCUT2D eigenvalue weighted by Crippen LogP contribution is -2.43. The van der Waals surface area contributed by atoms with Gasteiger partial charge in [0.15, 0.2) is 0 Å². The SMILES string of the molecule is Cc1ccncc1CNC(=O)N1CCC(c2ccc(O)cc2O)CC1. The summed E-state index contributed by atoms with van der Waals surface area (Å²) < 4.78 is 0. The standard InChI is InChI=1S/C19H23N3O3/c1-13-4-7-20-11-15(13)12-21-19(25)22-8-5-14(6-9-22)17-3-2-16(23)10-18(17)24/h2-4,7,10-11,14,23-24H,5-6,8-9,12H2,1H3,(H,21,25). The molecule has 25 heavy (non-hydrogen) atoms. The van der Waals surface area contributed by atoms with Crippen LogP contribution in [0.3, 0.4) is 0 Å². The van der Waals surface area contributed by atoms with Crippen LogP contribution in [-0.4, -0.2) is 39.2 Å². The van der Waals surface area contributed by atoms with Crippen LogP contribution in [0.2, 0.25) is 0 Å². The van der Waals surface area contributed by atoms with Gasteiger partial charge in [0.2, 0.25) is 0 Å². The number of phenols is 2. The molecule has 2 aromatic rings. The van der Waals surface area contributed by atoms with E-state index in [9.17, 15) is 15.0 Å². The van der Waals surface area contributed by atoms with Crippen molar-refractivity contribution in [2.45, 2.75) is 32.2 Å². The summed E-state index contributed by atoms with van der Waals surface area (Å²) in [6, 6.07) is 6.57. The number of piperidine rings is 1. The van der Waals surface area contributed by atoms with Gasteiger partial charge in [0.05, 0.1) is 0 Å². The first-order valence-electron chi connectivity index (χ1n) is 8.48. The highest BCUT2D eigenvalue weighted by Crippen LogP contribution is 2.35. The lowest BCUT2D eigenvalue weighted by Gasteiger charge is -2.32. The Bertz CT molecular complexity index is 755. The van der Waals surface area contributed by atoms with Gasteiger partial charge < -0.3 is 20.4 Å². The molecule has 1 aliphatic heterocycles. The molecule has 0 spiro atoms. The van der Waals surface area contributed by atoms with Gasteiger partial charge in [0.25, 0.3) is 0 Å². The van der Waals surface area contributed by atoms with Crippen LogP contribution in [0.5, 0.6) is 11.5 Å². The third kappa shape index (κ3) is 4.02. The van der Waals surface area contributed by atoms with Crippen molar-refractivity contribution in [3.63, 3.8) is 0 Å². The fourth-order valence-electron chi connectivity index (χ4n) is 3.24. The number of nitrogens with one attached hydrogen (secondary N) is 1. The Kier molecular flexibility index (Phi) is 5.07. The molecule has 132 valence electrons. The Morgan fingerprint density at radius 1 is 1.28 bits per heavy atom. The molecule has 0 bridgehead atoms. The van der Waals surface area contributed by atoms with Crippen molar-refractivity contribution in [3.8, 4) is 11.5 Å². The number of carbonyl (C=O) groups is 1. The number of carbonyl (C=O) groups excluding carboxylic acids is 1. The van der Waals surface area contributed by atoms with Crippen molar-refractivity contribution >= 4 is 6.03 Å². The van der Waals surface area contributed by atoms with Crippen LogP contribution < -0.4 is 5.32 Å². The van der Waals surface area contributed by atoms with Crippen molar-refractivity contribution in [2.75, 3.05) is 13.1 Å². The van der Waals surface area contributed by atoms with Crippen molar-refractivity contribution in [1.29, 1.82) is 0 Å². The zero-order valence-electron chi connectivity index (χ0n) is 14.3. The zero-order valence-corrected chi connectivity index (χ0v) is 14.3. The number of rotatable bonds is 3. The van der Waals surface area contributed by atoms with Crippen LogP contribution >= 0.6 is 0 Å². The van der Waals surface area contributed by atoms with E-state index in [-0.39, 0.29) is 23.4 Å². The number of pyridine rings is 1. The van der Waals surface area contributed by atoms with Crippen LogP contribution in [0, 0.1) is 6.92 Å². The molecule has 2 amide bonds. The summed E-state index contributed by atoms with van der Waals surface area (Å²) in [7, 11) is 0. The highest BCUT2D eigenvalue weighted by molar-refractivity contribution is 5.74. The summed E-state index contributed by atoms with van der Waals surface area (Å²) in [5.41, 5.74) is 2.96. The maximum atomic E-state index is 12.3. The van der Waals surface area contributed by atoms with E-state index in [1.165, 1.54) is 6.07 Å². The summed E-state index contributed by atoms with van der Waals surface area (Å²) in [6.07, 6.45) is 5.09. The molecule has 0 aliphatic carbocycles. The number of aryl methyl sites for hydroxylation is 1. The number of benzene rings is 1. The van der Waals surface area contributed by atoms with Crippen LogP contribution in [0.15, 0.2) is 36.7 Å². The first-order chi connectivity index (χ1) is 12.0. The number of urea groups is 1. The van der Waals surface area contributed by atoms with Gasteiger partial charge in [0, 0.05) is 38.1 Å². The van der Waals surface area contributed by atoms with Crippen molar-refractivity contribution in [2.24, 2.45) is 0 Å². The van der Waals surface area contributed by atoms with E-state index >= 15 is 0 Å². The average Bonchev–Trinajstić information content (AvgIpc) is 2.61. The molecule has 1 saturated heterocycles. The number of phenolic OH excluding ortho intramolecular Hbond substituents is 2. The number of hydrogen-bond donors (Lipinski definition) is 3. The first kappa shape index (κ1) is 17.1. The van der Waals surface area contributed by atoms with Gasteiger partial charge >= 0.3 is 6.03 Å². The molecule has 1 aromatic carbocycles. The fourth-order valence-corrected chi connectivity index (χ4v) is 3.24. The fraction of sp³-hybridized carbons (Fsp3) is 0.368. The van der Waals surface area contributed by atoms with Crippen LogP contribution in [0.1, 0.15) is 35.4 Å². The minimum atomic E-state index is -0.0726. The summed E-state index contributed by atoms with van der Waals surface area (Å²) in [4.78, 5) is 18.2. The Balaban J connectivity index is 1.53. The lowest BCUT2D eigenvalue weighted by atomic mass is 9.89. The maximum absolute atomic E-state index is 12.3. The van der Waals surface area contributed by atoms with E-state index in [1.54, 1.807) is 29.4 Å². The molecule has 1 aromatic heterocycles. The van der Waals surface area contributed by atoms with E-state index < -0.39 is 0 Å². The largest absolute Gasteiger partial charge is 0.508 e. The zero-order chi connectivity index (χ0) is 17.8. The Morgan fingerprint density at radius 2 is 2.04 bits per heavy atom. The van der Waals surface area contributed by atoms with Gasteiger partial charge in [-0.15, -0.1) is 0 Å². The molecule has 0 atom stereocenters. The van der Waals surface area contributed by atoms with Gasteiger partial charge in [-0.2, -0.15) is 0 Å². The van der Waals surface area contributed by atoms with Crippen LogP contribution in [0.25, 0.3) is 0 Å². The highest BCUT2D eigenvalue weighted by atomic mass is 16.3. The van der Waals surface area contributed by atoms with Crippen LogP contribution in [0.4, 0.5) is 4.79 Å². The first-order valence-corrected chi connectivity index (χ1v) is 8.48. The Hall–Kier alpha value is -2.76. The third-order valence-electron chi connectivity index (χ3n) is 4.81. The van der Waals surface area contributed by atoms with Crippen LogP contribution in [-0.2, 0) is 6.54 Å². The monoisotopic (exact) mass is 341 g/mol. The molecule has 6 nitrogen and oxygen atoms in total. The molecule has 6 heteroatoms. The third-order valence-corrected chi connectivity index (χ3v) is 4.81. The van der Waals surface area contributed by atoms with Gasteiger partial charge in [-0.1, -0.05) is 6.07 Å².